The molecule has 0 bridgehead atoms. The van der Waals surface area contributed by atoms with Crippen molar-refractivity contribution >= 4 is 23.5 Å². The van der Waals surface area contributed by atoms with Crippen molar-refractivity contribution in [3.63, 3.8) is 0 Å². The van der Waals surface area contributed by atoms with Crippen molar-refractivity contribution in [2.24, 2.45) is 0 Å². The first kappa shape index (κ1) is 22.4. The molecule has 0 radical (unpaired) electrons. The molecule has 0 saturated carbocycles. The van der Waals surface area contributed by atoms with E-state index in [0.29, 0.717) is 11.1 Å². The maximum atomic E-state index is 12.7. The maximum absolute atomic E-state index is 12.7. The summed E-state index contributed by atoms with van der Waals surface area (Å²) in [5.74, 6) is -0.923. The first-order valence-corrected chi connectivity index (χ1v) is 9.63. The Balaban J connectivity index is 1.79. The molecule has 0 heterocycles. The summed E-state index contributed by atoms with van der Waals surface area (Å²) in [4.78, 5) is 48.0. The minimum absolute atomic E-state index is 0.0320. The van der Waals surface area contributed by atoms with Crippen LogP contribution in [0.5, 0.6) is 17.2 Å². The quantitative estimate of drug-likeness (QED) is 0.307. The molecule has 0 aromatic heterocycles. The number of hydrogen-bond donors (Lipinski definition) is 0. The highest BCUT2D eigenvalue weighted by molar-refractivity contribution is 5.99. The zero-order valence-electron chi connectivity index (χ0n) is 17.7. The zero-order valence-corrected chi connectivity index (χ0v) is 17.7. The van der Waals surface area contributed by atoms with E-state index >= 15 is 0 Å². The molecule has 0 aliphatic heterocycles. The second-order valence-corrected chi connectivity index (χ2v) is 6.86. The van der Waals surface area contributed by atoms with Gasteiger partial charge in [-0.3, -0.25) is 9.59 Å². The fraction of sp³-hybridized carbons (Fsp3) is 0.120. The van der Waals surface area contributed by atoms with Crippen LogP contribution in [0.15, 0.2) is 66.7 Å². The average molecular weight is 432 g/mol. The number of benzene rings is 3. The van der Waals surface area contributed by atoms with Crippen LogP contribution in [-0.4, -0.2) is 30.6 Å². The second kappa shape index (κ2) is 9.70. The molecular weight excluding hydrogens is 412 g/mol. The van der Waals surface area contributed by atoms with E-state index in [1.807, 2.05) is 0 Å². The molecule has 0 N–H and O–H groups in total. The van der Waals surface area contributed by atoms with E-state index in [4.69, 9.17) is 14.2 Å². The predicted octanol–water partition coefficient (Wildman–Crippen LogP) is 4.54. The number of methoxy groups -OCH3 is 1. The molecule has 0 fully saturated rings. The summed E-state index contributed by atoms with van der Waals surface area (Å²) < 4.78 is 15.9. The molecule has 3 aromatic rings. The van der Waals surface area contributed by atoms with Gasteiger partial charge in [-0.1, -0.05) is 0 Å². The van der Waals surface area contributed by atoms with Gasteiger partial charge in [-0.2, -0.15) is 0 Å². The summed E-state index contributed by atoms with van der Waals surface area (Å²) in [5.41, 5.74) is 1.13. The third-order valence-electron chi connectivity index (χ3n) is 4.60. The Hall–Kier alpha value is -4.26. The summed E-state index contributed by atoms with van der Waals surface area (Å²) in [5, 5.41) is 0. The molecule has 32 heavy (non-hydrogen) atoms. The Kier molecular flexibility index (Phi) is 6.80. The van der Waals surface area contributed by atoms with E-state index in [0.717, 1.165) is 0 Å². The Labute approximate surface area is 184 Å². The van der Waals surface area contributed by atoms with Crippen LogP contribution in [0.4, 0.5) is 0 Å². The van der Waals surface area contributed by atoms with Crippen LogP contribution >= 0.6 is 0 Å². The van der Waals surface area contributed by atoms with Gasteiger partial charge in [0.1, 0.15) is 22.8 Å². The smallest absolute Gasteiger partial charge is 0.347 e. The van der Waals surface area contributed by atoms with E-state index in [9.17, 15) is 19.2 Å². The average Bonchev–Trinajstić information content (AvgIpc) is 2.79. The van der Waals surface area contributed by atoms with Crippen LogP contribution < -0.4 is 14.2 Å². The number of carbonyl (C=O) groups is 4. The third-order valence-corrected chi connectivity index (χ3v) is 4.60. The summed E-state index contributed by atoms with van der Waals surface area (Å²) in [6.07, 6.45) is 0. The first-order valence-electron chi connectivity index (χ1n) is 9.63. The minimum Gasteiger partial charge on any atom is -0.496 e. The molecule has 0 saturated heterocycles. The number of Topliss-reactive ketones (excluding diaryl/α,β-unsaturated/α-hetero) is 2. The van der Waals surface area contributed by atoms with Crippen molar-refractivity contribution < 1.29 is 33.4 Å². The van der Waals surface area contributed by atoms with Gasteiger partial charge in [-0.05, 0) is 80.6 Å². The predicted molar refractivity (Wildman–Crippen MR) is 116 cm³/mol. The van der Waals surface area contributed by atoms with Gasteiger partial charge in [0.2, 0.25) is 0 Å². The van der Waals surface area contributed by atoms with Gasteiger partial charge in [-0.25, -0.2) is 9.59 Å². The van der Waals surface area contributed by atoms with E-state index in [1.54, 1.807) is 24.3 Å². The van der Waals surface area contributed by atoms with Crippen LogP contribution in [0.1, 0.15) is 55.3 Å². The summed E-state index contributed by atoms with van der Waals surface area (Å²) in [7, 11) is 1.39. The SMILES string of the molecule is COc1ccc(C(=O)Oc2ccc(C(C)=O)cc2)cc1C(=O)Oc1ccc(C(C)=O)cc1. The molecule has 0 aliphatic rings. The first-order chi connectivity index (χ1) is 15.3. The van der Waals surface area contributed by atoms with E-state index < -0.39 is 11.9 Å². The van der Waals surface area contributed by atoms with Gasteiger partial charge in [0.05, 0.1) is 12.7 Å². The second-order valence-electron chi connectivity index (χ2n) is 6.86. The molecule has 7 heteroatoms. The van der Waals surface area contributed by atoms with Crippen LogP contribution in [-0.2, 0) is 0 Å². The Morgan fingerprint density at radius 1 is 0.594 bits per heavy atom. The monoisotopic (exact) mass is 432 g/mol. The molecule has 3 aromatic carbocycles. The van der Waals surface area contributed by atoms with Gasteiger partial charge in [0.25, 0.3) is 0 Å². The Morgan fingerprint density at radius 3 is 1.47 bits per heavy atom. The Bertz CT molecular complexity index is 1180. The molecule has 0 unspecified atom stereocenters. The lowest BCUT2D eigenvalue weighted by Gasteiger charge is -2.11. The third kappa shape index (κ3) is 5.26. The van der Waals surface area contributed by atoms with Crippen molar-refractivity contribution in [2.75, 3.05) is 7.11 Å². The minimum atomic E-state index is -0.738. The molecular formula is C25H20O7. The number of hydrogen-bond acceptors (Lipinski definition) is 7. The van der Waals surface area contributed by atoms with E-state index in [2.05, 4.69) is 0 Å². The maximum Gasteiger partial charge on any atom is 0.347 e. The number of esters is 2. The van der Waals surface area contributed by atoms with Crippen LogP contribution in [0.3, 0.4) is 0 Å². The lowest BCUT2D eigenvalue weighted by atomic mass is 10.1. The van der Waals surface area contributed by atoms with Gasteiger partial charge in [0, 0.05) is 11.1 Å². The molecule has 7 nitrogen and oxygen atoms in total. The fourth-order valence-electron chi connectivity index (χ4n) is 2.84. The van der Waals surface area contributed by atoms with Crippen molar-refractivity contribution in [1.82, 2.24) is 0 Å². The van der Waals surface area contributed by atoms with Gasteiger partial charge in [-0.15, -0.1) is 0 Å². The van der Waals surface area contributed by atoms with Crippen molar-refractivity contribution in [1.29, 1.82) is 0 Å². The molecule has 162 valence electrons. The molecule has 0 aliphatic carbocycles. The lowest BCUT2D eigenvalue weighted by molar-refractivity contribution is 0.0731. The van der Waals surface area contributed by atoms with Gasteiger partial charge >= 0.3 is 11.9 Å². The van der Waals surface area contributed by atoms with Gasteiger partial charge < -0.3 is 14.2 Å². The zero-order chi connectivity index (χ0) is 23.3. The van der Waals surface area contributed by atoms with Crippen molar-refractivity contribution in [3.8, 4) is 17.2 Å². The summed E-state index contributed by atoms with van der Waals surface area (Å²) >= 11 is 0. The number of ketones is 2. The highest BCUT2D eigenvalue weighted by Gasteiger charge is 2.19. The molecule has 0 atom stereocenters. The van der Waals surface area contributed by atoms with Crippen LogP contribution in [0.2, 0.25) is 0 Å². The molecule has 3 rings (SSSR count). The largest absolute Gasteiger partial charge is 0.496 e. The topological polar surface area (TPSA) is 96.0 Å². The fourth-order valence-corrected chi connectivity index (χ4v) is 2.84. The summed E-state index contributed by atoms with van der Waals surface area (Å²) in [6, 6.07) is 16.5. The standard InChI is InChI=1S/C25H20O7/c1-15(26)17-4-9-20(10-5-17)31-24(28)19-8-13-23(30-3)22(14-19)25(29)32-21-11-6-18(7-12-21)16(2)27/h4-14H,1-3H3. The Morgan fingerprint density at radius 2 is 1.03 bits per heavy atom. The van der Waals surface area contributed by atoms with Crippen LogP contribution in [0, 0.1) is 0 Å². The highest BCUT2D eigenvalue weighted by atomic mass is 16.5. The highest BCUT2D eigenvalue weighted by Crippen LogP contribution is 2.24. The van der Waals surface area contributed by atoms with Gasteiger partial charge in [0.15, 0.2) is 11.6 Å². The molecule has 0 amide bonds. The van der Waals surface area contributed by atoms with Crippen molar-refractivity contribution in [2.45, 2.75) is 13.8 Å². The normalized spacial score (nSPS) is 10.2. The summed E-state index contributed by atoms with van der Waals surface area (Å²) in [6.45, 7) is 2.88. The van der Waals surface area contributed by atoms with E-state index in [1.165, 1.54) is 63.4 Å². The number of carbonyl (C=O) groups excluding carboxylic acids is 4. The van der Waals surface area contributed by atoms with Crippen LogP contribution in [0.25, 0.3) is 0 Å². The molecule has 0 spiro atoms. The van der Waals surface area contributed by atoms with Crippen molar-refractivity contribution in [3.05, 3.63) is 89.0 Å². The number of ether oxygens (including phenoxy) is 3. The van der Waals surface area contributed by atoms with E-state index in [-0.39, 0.29) is 39.9 Å². The lowest BCUT2D eigenvalue weighted by Crippen LogP contribution is -2.14. The number of rotatable bonds is 7.